The first-order valence-electron chi connectivity index (χ1n) is 9.12. The zero-order valence-electron chi connectivity index (χ0n) is 14.7. The van der Waals surface area contributed by atoms with Crippen LogP contribution in [0.25, 0.3) is 0 Å². The monoisotopic (exact) mass is 372 g/mol. The van der Waals surface area contributed by atoms with E-state index in [1.807, 2.05) is 24.3 Å². The molecule has 1 unspecified atom stereocenters. The summed E-state index contributed by atoms with van der Waals surface area (Å²) in [7, 11) is 0. The number of hydrogen-bond donors (Lipinski definition) is 2. The van der Waals surface area contributed by atoms with Crippen molar-refractivity contribution in [2.75, 3.05) is 19.7 Å². The molecule has 2 N–H and O–H groups in total. The number of carbonyl (C=O) groups is 1. The second kappa shape index (κ2) is 8.56. The van der Waals surface area contributed by atoms with Crippen LogP contribution >= 0.6 is 12.4 Å². The fourth-order valence-electron chi connectivity index (χ4n) is 3.34. The van der Waals surface area contributed by atoms with Crippen LogP contribution in [0.5, 0.6) is 5.75 Å². The lowest BCUT2D eigenvalue weighted by Crippen LogP contribution is -2.38. The van der Waals surface area contributed by atoms with Crippen molar-refractivity contribution < 1.29 is 9.53 Å². The van der Waals surface area contributed by atoms with Crippen molar-refractivity contribution in [1.29, 1.82) is 0 Å². The Morgan fingerprint density at radius 2 is 1.88 bits per heavy atom. The van der Waals surface area contributed by atoms with E-state index in [1.165, 1.54) is 24.0 Å². The number of benzene rings is 2. The molecule has 1 heterocycles. The molecule has 1 amide bonds. The normalized spacial score (nSPS) is 18.4. The number of amides is 1. The highest BCUT2D eigenvalue weighted by Crippen LogP contribution is 2.30. The summed E-state index contributed by atoms with van der Waals surface area (Å²) in [6.07, 6.45) is 3.51. The van der Waals surface area contributed by atoms with E-state index >= 15 is 0 Å². The first kappa shape index (κ1) is 18.7. The Morgan fingerprint density at radius 3 is 2.73 bits per heavy atom. The smallest absolute Gasteiger partial charge is 0.255 e. The maximum Gasteiger partial charge on any atom is 0.255 e. The van der Waals surface area contributed by atoms with Gasteiger partial charge in [-0.25, -0.2) is 0 Å². The molecule has 0 saturated heterocycles. The molecule has 0 radical (unpaired) electrons. The maximum absolute atomic E-state index is 12.7. The van der Waals surface area contributed by atoms with Crippen molar-refractivity contribution in [2.24, 2.45) is 5.92 Å². The van der Waals surface area contributed by atoms with Gasteiger partial charge in [0.1, 0.15) is 5.75 Å². The Balaban J connectivity index is 0.00000196. The molecule has 2 aromatic rings. The number of nitrogens with one attached hydrogen (secondary N) is 2. The van der Waals surface area contributed by atoms with Gasteiger partial charge in [-0.15, -0.1) is 12.4 Å². The van der Waals surface area contributed by atoms with Gasteiger partial charge in [0.25, 0.3) is 5.91 Å². The Bertz CT molecular complexity index is 761. The average molecular weight is 373 g/mol. The predicted molar refractivity (Wildman–Crippen MR) is 105 cm³/mol. The van der Waals surface area contributed by atoms with Crippen molar-refractivity contribution in [1.82, 2.24) is 10.6 Å². The van der Waals surface area contributed by atoms with Crippen LogP contribution in [0.4, 0.5) is 0 Å². The largest absolute Gasteiger partial charge is 0.492 e. The minimum Gasteiger partial charge on any atom is -0.492 e. The minimum absolute atomic E-state index is 0. The van der Waals surface area contributed by atoms with Crippen LogP contribution in [0.1, 0.15) is 40.4 Å². The number of hydrogen-bond acceptors (Lipinski definition) is 3. The second-order valence-electron chi connectivity index (χ2n) is 6.92. The molecule has 1 aliphatic carbocycles. The SMILES string of the molecule is Cl.O=C(NCC1NCCc2ccccc21)c1ccccc1OCC1CC1. The zero-order chi connectivity index (χ0) is 17.1. The highest BCUT2D eigenvalue weighted by atomic mass is 35.5. The summed E-state index contributed by atoms with van der Waals surface area (Å²) in [5.74, 6) is 1.28. The molecular formula is C21H25ClN2O2. The first-order valence-corrected chi connectivity index (χ1v) is 9.12. The fraction of sp³-hybridized carbons (Fsp3) is 0.381. The van der Waals surface area contributed by atoms with Gasteiger partial charge in [-0.1, -0.05) is 36.4 Å². The van der Waals surface area contributed by atoms with Gasteiger partial charge in [0.15, 0.2) is 0 Å². The standard InChI is InChI=1S/C21H24N2O2.ClH/c24-21(18-7-3-4-8-20(18)25-14-15-9-10-15)23-13-19-17-6-2-1-5-16(17)11-12-22-19;/h1-8,15,19,22H,9-14H2,(H,23,24);1H. The molecule has 1 aliphatic heterocycles. The fourth-order valence-corrected chi connectivity index (χ4v) is 3.34. The van der Waals surface area contributed by atoms with E-state index in [2.05, 4.69) is 34.9 Å². The lowest BCUT2D eigenvalue weighted by molar-refractivity contribution is 0.0944. The molecule has 4 nitrogen and oxygen atoms in total. The molecule has 5 heteroatoms. The van der Waals surface area contributed by atoms with Gasteiger partial charge in [-0.3, -0.25) is 4.79 Å². The number of ether oxygens (including phenoxy) is 1. The lowest BCUT2D eigenvalue weighted by atomic mass is 9.94. The molecule has 26 heavy (non-hydrogen) atoms. The summed E-state index contributed by atoms with van der Waals surface area (Å²) in [6, 6.07) is 16.1. The van der Waals surface area contributed by atoms with Crippen molar-refractivity contribution in [3.63, 3.8) is 0 Å². The molecular weight excluding hydrogens is 348 g/mol. The van der Waals surface area contributed by atoms with Gasteiger partial charge in [-0.05, 0) is 55.0 Å². The summed E-state index contributed by atoms with van der Waals surface area (Å²) in [5, 5.41) is 6.57. The van der Waals surface area contributed by atoms with Gasteiger partial charge in [0, 0.05) is 12.6 Å². The van der Waals surface area contributed by atoms with Crippen molar-refractivity contribution in [2.45, 2.75) is 25.3 Å². The van der Waals surface area contributed by atoms with Crippen LogP contribution in [0.15, 0.2) is 48.5 Å². The molecule has 4 rings (SSSR count). The lowest BCUT2D eigenvalue weighted by Gasteiger charge is -2.27. The van der Waals surface area contributed by atoms with Gasteiger partial charge in [0.2, 0.25) is 0 Å². The van der Waals surface area contributed by atoms with Gasteiger partial charge in [0.05, 0.1) is 12.2 Å². The third kappa shape index (κ3) is 4.37. The van der Waals surface area contributed by atoms with Crippen LogP contribution in [-0.4, -0.2) is 25.6 Å². The molecule has 2 aromatic carbocycles. The number of fused-ring (bicyclic) bond motifs is 1. The number of para-hydroxylation sites is 1. The van der Waals surface area contributed by atoms with Crippen LogP contribution in [0.3, 0.4) is 0 Å². The van der Waals surface area contributed by atoms with E-state index in [-0.39, 0.29) is 24.4 Å². The summed E-state index contributed by atoms with van der Waals surface area (Å²) in [5.41, 5.74) is 3.27. The Morgan fingerprint density at radius 1 is 1.12 bits per heavy atom. The number of carbonyl (C=O) groups excluding carboxylic acids is 1. The van der Waals surface area contributed by atoms with E-state index < -0.39 is 0 Å². The zero-order valence-corrected chi connectivity index (χ0v) is 15.6. The van der Waals surface area contributed by atoms with E-state index in [0.29, 0.717) is 30.4 Å². The Hall–Kier alpha value is -2.04. The maximum atomic E-state index is 12.7. The quantitative estimate of drug-likeness (QED) is 0.815. The van der Waals surface area contributed by atoms with Crippen LogP contribution in [0.2, 0.25) is 0 Å². The van der Waals surface area contributed by atoms with Crippen molar-refractivity contribution in [3.05, 3.63) is 65.2 Å². The third-order valence-corrected chi connectivity index (χ3v) is 4.99. The van der Waals surface area contributed by atoms with Gasteiger partial charge < -0.3 is 15.4 Å². The summed E-state index contributed by atoms with van der Waals surface area (Å²) >= 11 is 0. The summed E-state index contributed by atoms with van der Waals surface area (Å²) in [4.78, 5) is 12.7. The highest BCUT2D eigenvalue weighted by Gasteiger charge is 2.24. The minimum atomic E-state index is -0.0729. The molecule has 0 bridgehead atoms. The Kier molecular flexibility index (Phi) is 6.17. The molecule has 1 fully saturated rings. The molecule has 0 aromatic heterocycles. The second-order valence-corrected chi connectivity index (χ2v) is 6.92. The van der Waals surface area contributed by atoms with Crippen LogP contribution < -0.4 is 15.4 Å². The topological polar surface area (TPSA) is 50.4 Å². The van der Waals surface area contributed by atoms with E-state index in [1.54, 1.807) is 0 Å². The first-order chi connectivity index (χ1) is 12.3. The number of halogens is 1. The summed E-state index contributed by atoms with van der Waals surface area (Å²) < 4.78 is 5.85. The van der Waals surface area contributed by atoms with E-state index in [4.69, 9.17) is 4.74 Å². The van der Waals surface area contributed by atoms with Gasteiger partial charge in [-0.2, -0.15) is 0 Å². The Labute approximate surface area is 160 Å². The van der Waals surface area contributed by atoms with Crippen molar-refractivity contribution >= 4 is 18.3 Å². The van der Waals surface area contributed by atoms with E-state index in [9.17, 15) is 4.79 Å². The number of rotatable bonds is 6. The highest BCUT2D eigenvalue weighted by molar-refractivity contribution is 5.96. The van der Waals surface area contributed by atoms with Crippen molar-refractivity contribution in [3.8, 4) is 5.75 Å². The summed E-state index contributed by atoms with van der Waals surface area (Å²) in [6.45, 7) is 2.23. The van der Waals surface area contributed by atoms with Crippen LogP contribution in [-0.2, 0) is 6.42 Å². The van der Waals surface area contributed by atoms with Crippen LogP contribution in [0, 0.1) is 5.92 Å². The average Bonchev–Trinajstić information content (AvgIpc) is 3.49. The molecule has 1 saturated carbocycles. The molecule has 1 atom stereocenters. The third-order valence-electron chi connectivity index (χ3n) is 4.99. The predicted octanol–water partition coefficient (Wildman–Crippen LogP) is 3.51. The van der Waals surface area contributed by atoms with E-state index in [0.717, 1.165) is 13.0 Å². The van der Waals surface area contributed by atoms with Gasteiger partial charge >= 0.3 is 0 Å². The molecule has 0 spiro atoms. The molecule has 2 aliphatic rings. The molecule has 138 valence electrons.